The van der Waals surface area contributed by atoms with Crippen LogP contribution in [0.1, 0.15) is 31.2 Å². The molecule has 16 heavy (non-hydrogen) atoms. The van der Waals surface area contributed by atoms with Crippen molar-refractivity contribution < 1.29 is 0 Å². The van der Waals surface area contributed by atoms with Gasteiger partial charge in [0.05, 0.1) is 5.52 Å². The number of halogens is 2. The number of aromatic nitrogens is 2. The molecule has 84 valence electrons. The quantitative estimate of drug-likeness (QED) is 0.708. The predicted octanol–water partition coefficient (Wildman–Crippen LogP) is 4.59. The number of rotatable bonds is 1. The molecular weight excluding hydrogens is 332 g/mol. The summed E-state index contributed by atoms with van der Waals surface area (Å²) in [5.74, 6) is 1.19. The maximum atomic E-state index is 4.59. The number of nitrogens with zero attached hydrogens (tertiary/aromatic N) is 2. The second kappa shape index (κ2) is 4.41. The van der Waals surface area contributed by atoms with Gasteiger partial charge in [0, 0.05) is 15.8 Å². The zero-order valence-electron chi connectivity index (χ0n) is 9.38. The first kappa shape index (κ1) is 12.0. The van der Waals surface area contributed by atoms with Crippen molar-refractivity contribution in [2.45, 2.75) is 26.7 Å². The van der Waals surface area contributed by atoms with Crippen molar-refractivity contribution in [3.05, 3.63) is 32.6 Å². The monoisotopic (exact) mass is 342 g/mol. The molecule has 4 heteroatoms. The summed E-state index contributed by atoms with van der Waals surface area (Å²) in [7, 11) is 0. The van der Waals surface area contributed by atoms with Crippen molar-refractivity contribution in [3.8, 4) is 0 Å². The third-order valence-electron chi connectivity index (χ3n) is 2.39. The molecule has 0 bridgehead atoms. The summed E-state index contributed by atoms with van der Waals surface area (Å²) in [6.45, 7) is 6.25. The Morgan fingerprint density at radius 3 is 2.44 bits per heavy atom. The smallest absolute Gasteiger partial charge is 0.132 e. The third-order valence-corrected chi connectivity index (χ3v) is 3.59. The lowest BCUT2D eigenvalue weighted by atomic mass is 10.1. The van der Waals surface area contributed by atoms with Crippen LogP contribution in [0.15, 0.2) is 21.2 Å². The van der Waals surface area contributed by atoms with Crippen LogP contribution in [0.3, 0.4) is 0 Å². The number of benzene rings is 1. The Balaban J connectivity index is 2.82. The van der Waals surface area contributed by atoms with Crippen LogP contribution in [0.5, 0.6) is 0 Å². The number of fused-ring (bicyclic) bond motifs is 1. The van der Waals surface area contributed by atoms with Crippen LogP contribution in [0.2, 0.25) is 0 Å². The minimum Gasteiger partial charge on any atom is -0.231 e. The van der Waals surface area contributed by atoms with Crippen LogP contribution in [0.25, 0.3) is 10.9 Å². The average molecular weight is 344 g/mol. The SMILES string of the molecule is Cc1cc(Br)c2nc(C(C)C)nc(Br)c2c1. The zero-order valence-corrected chi connectivity index (χ0v) is 12.6. The molecule has 0 atom stereocenters. The molecule has 0 fully saturated rings. The molecule has 0 unspecified atom stereocenters. The number of aryl methyl sites for hydroxylation is 1. The lowest BCUT2D eigenvalue weighted by molar-refractivity contribution is 0.778. The molecule has 2 nitrogen and oxygen atoms in total. The standard InChI is InChI=1S/C12H12Br2N2/c1-6(2)12-15-10-8(11(14)16-12)4-7(3)5-9(10)13/h4-6H,1-3H3. The van der Waals surface area contributed by atoms with Gasteiger partial charge in [0.2, 0.25) is 0 Å². The molecule has 1 aromatic heterocycles. The largest absolute Gasteiger partial charge is 0.231 e. The predicted molar refractivity (Wildman–Crippen MR) is 73.8 cm³/mol. The maximum absolute atomic E-state index is 4.59. The highest BCUT2D eigenvalue weighted by Crippen LogP contribution is 2.29. The molecule has 0 radical (unpaired) electrons. The molecule has 0 aliphatic carbocycles. The molecule has 0 N–H and O–H groups in total. The average Bonchev–Trinajstić information content (AvgIpc) is 2.19. The highest BCUT2D eigenvalue weighted by Gasteiger charge is 2.11. The van der Waals surface area contributed by atoms with E-state index in [1.165, 1.54) is 5.56 Å². The minimum atomic E-state index is 0.328. The summed E-state index contributed by atoms with van der Waals surface area (Å²) in [6, 6.07) is 4.17. The first-order valence-corrected chi connectivity index (χ1v) is 6.71. The summed E-state index contributed by atoms with van der Waals surface area (Å²) >= 11 is 7.07. The van der Waals surface area contributed by atoms with E-state index >= 15 is 0 Å². The van der Waals surface area contributed by atoms with Gasteiger partial charge in [0.15, 0.2) is 0 Å². The van der Waals surface area contributed by atoms with Gasteiger partial charge >= 0.3 is 0 Å². The molecule has 0 saturated heterocycles. The Kier molecular flexibility index (Phi) is 3.31. The van der Waals surface area contributed by atoms with E-state index in [0.29, 0.717) is 5.92 Å². The topological polar surface area (TPSA) is 25.8 Å². The van der Waals surface area contributed by atoms with E-state index in [1.54, 1.807) is 0 Å². The van der Waals surface area contributed by atoms with Gasteiger partial charge in [0.25, 0.3) is 0 Å². The highest BCUT2D eigenvalue weighted by molar-refractivity contribution is 9.11. The van der Waals surface area contributed by atoms with Crippen LogP contribution in [-0.2, 0) is 0 Å². The summed E-state index contributed by atoms with van der Waals surface area (Å²) in [5.41, 5.74) is 2.16. The second-order valence-corrected chi connectivity index (χ2v) is 5.78. The van der Waals surface area contributed by atoms with Gasteiger partial charge in [-0.2, -0.15) is 0 Å². The van der Waals surface area contributed by atoms with Gasteiger partial charge in [-0.1, -0.05) is 13.8 Å². The van der Waals surface area contributed by atoms with Crippen LogP contribution < -0.4 is 0 Å². The third kappa shape index (κ3) is 2.13. The van der Waals surface area contributed by atoms with E-state index in [9.17, 15) is 0 Å². The van der Waals surface area contributed by atoms with Crippen molar-refractivity contribution in [3.63, 3.8) is 0 Å². The Morgan fingerprint density at radius 2 is 1.81 bits per heavy atom. The summed E-state index contributed by atoms with van der Waals surface area (Å²) in [4.78, 5) is 9.06. The van der Waals surface area contributed by atoms with Crippen molar-refractivity contribution >= 4 is 42.8 Å². The van der Waals surface area contributed by atoms with Crippen molar-refractivity contribution in [1.82, 2.24) is 9.97 Å². The Hall–Kier alpha value is -0.480. The van der Waals surface area contributed by atoms with Crippen LogP contribution in [0, 0.1) is 6.92 Å². The fourth-order valence-electron chi connectivity index (χ4n) is 1.56. The first-order chi connectivity index (χ1) is 7.49. The summed E-state index contributed by atoms with van der Waals surface area (Å²) < 4.78 is 1.89. The van der Waals surface area contributed by atoms with E-state index in [1.807, 2.05) is 0 Å². The minimum absolute atomic E-state index is 0.328. The molecule has 0 saturated carbocycles. The van der Waals surface area contributed by atoms with E-state index < -0.39 is 0 Å². The maximum Gasteiger partial charge on any atom is 0.132 e. The van der Waals surface area contributed by atoms with E-state index in [0.717, 1.165) is 25.8 Å². The normalized spacial score (nSPS) is 11.4. The molecule has 1 heterocycles. The molecule has 0 spiro atoms. The van der Waals surface area contributed by atoms with E-state index in [4.69, 9.17) is 0 Å². The van der Waals surface area contributed by atoms with Gasteiger partial charge in [-0.25, -0.2) is 9.97 Å². The zero-order chi connectivity index (χ0) is 11.9. The fraction of sp³-hybridized carbons (Fsp3) is 0.333. The molecule has 0 amide bonds. The van der Waals surface area contributed by atoms with Crippen molar-refractivity contribution in [2.24, 2.45) is 0 Å². The number of hydrogen-bond donors (Lipinski definition) is 0. The van der Waals surface area contributed by atoms with Gasteiger partial charge in [0.1, 0.15) is 10.4 Å². The van der Waals surface area contributed by atoms with Crippen LogP contribution >= 0.6 is 31.9 Å². The number of hydrogen-bond acceptors (Lipinski definition) is 2. The fourth-order valence-corrected chi connectivity index (χ4v) is 2.71. The van der Waals surface area contributed by atoms with Gasteiger partial charge in [-0.15, -0.1) is 0 Å². The molecular formula is C12H12Br2N2. The van der Waals surface area contributed by atoms with Crippen molar-refractivity contribution in [2.75, 3.05) is 0 Å². The molecule has 1 aromatic carbocycles. The van der Waals surface area contributed by atoms with Crippen molar-refractivity contribution in [1.29, 1.82) is 0 Å². The first-order valence-electron chi connectivity index (χ1n) is 5.12. The lowest BCUT2D eigenvalue weighted by Crippen LogP contribution is -1.99. The summed E-state index contributed by atoms with van der Waals surface area (Å²) in [5, 5.41) is 1.05. The molecule has 0 aliphatic heterocycles. The highest BCUT2D eigenvalue weighted by atomic mass is 79.9. The van der Waals surface area contributed by atoms with Gasteiger partial charge < -0.3 is 0 Å². The molecule has 2 rings (SSSR count). The molecule has 2 aromatic rings. The Morgan fingerprint density at radius 1 is 1.12 bits per heavy atom. The Labute approximate surface area is 112 Å². The second-order valence-electron chi connectivity index (χ2n) is 4.17. The molecule has 0 aliphatic rings. The summed E-state index contributed by atoms with van der Waals surface area (Å²) in [6.07, 6.45) is 0. The van der Waals surface area contributed by atoms with Gasteiger partial charge in [-0.3, -0.25) is 0 Å². The van der Waals surface area contributed by atoms with Crippen LogP contribution in [0.4, 0.5) is 0 Å². The lowest BCUT2D eigenvalue weighted by Gasteiger charge is -2.09. The van der Waals surface area contributed by atoms with Gasteiger partial charge in [-0.05, 0) is 56.5 Å². The van der Waals surface area contributed by atoms with Crippen LogP contribution in [-0.4, -0.2) is 9.97 Å². The van der Waals surface area contributed by atoms with E-state index in [-0.39, 0.29) is 0 Å². The van der Waals surface area contributed by atoms with E-state index in [2.05, 4.69) is 74.7 Å². The Bertz CT molecular complexity index is 550.